The van der Waals surface area contributed by atoms with Crippen molar-refractivity contribution in [2.75, 3.05) is 6.61 Å². The minimum Gasteiger partial charge on any atom is -0.454 e. The molecule has 0 amide bonds. The number of esters is 1. The average molecular weight is 303 g/mol. The molecule has 114 valence electrons. The number of nitriles is 1. The lowest BCUT2D eigenvalue weighted by molar-refractivity contribution is -0.385. The van der Waals surface area contributed by atoms with Gasteiger partial charge in [-0.1, -0.05) is 6.07 Å². The van der Waals surface area contributed by atoms with Gasteiger partial charge in [0, 0.05) is 17.3 Å². The smallest absolute Gasteiger partial charge is 0.338 e. The first-order valence-corrected chi connectivity index (χ1v) is 6.09. The van der Waals surface area contributed by atoms with Crippen LogP contribution in [0.1, 0.15) is 22.8 Å². The zero-order valence-corrected chi connectivity index (χ0v) is 12.0. The van der Waals surface area contributed by atoms with Gasteiger partial charge < -0.3 is 10.5 Å². The van der Waals surface area contributed by atoms with E-state index in [4.69, 9.17) is 15.7 Å². The molecule has 0 aliphatic carbocycles. The van der Waals surface area contributed by atoms with E-state index in [9.17, 15) is 19.7 Å². The molecule has 22 heavy (non-hydrogen) atoms. The summed E-state index contributed by atoms with van der Waals surface area (Å²) in [6.07, 6.45) is 0. The number of rotatable bonds is 5. The third-order valence-corrected chi connectivity index (χ3v) is 2.76. The molecule has 0 heterocycles. The van der Waals surface area contributed by atoms with Gasteiger partial charge in [0.2, 0.25) is 5.78 Å². The molecule has 1 aromatic carbocycles. The Morgan fingerprint density at radius 2 is 2.09 bits per heavy atom. The van der Waals surface area contributed by atoms with Gasteiger partial charge >= 0.3 is 5.97 Å². The van der Waals surface area contributed by atoms with Gasteiger partial charge in [0.25, 0.3) is 5.69 Å². The van der Waals surface area contributed by atoms with Crippen LogP contribution in [0.15, 0.2) is 29.5 Å². The summed E-state index contributed by atoms with van der Waals surface area (Å²) in [5, 5.41) is 19.6. The van der Waals surface area contributed by atoms with Gasteiger partial charge in [-0.15, -0.1) is 0 Å². The molecule has 0 unspecified atom stereocenters. The van der Waals surface area contributed by atoms with Crippen molar-refractivity contribution in [1.82, 2.24) is 0 Å². The molecule has 0 aliphatic rings. The van der Waals surface area contributed by atoms with E-state index in [-0.39, 0.29) is 22.5 Å². The number of allylic oxidation sites excluding steroid dienone is 1. The predicted octanol–water partition coefficient (Wildman–Crippen LogP) is 1.39. The van der Waals surface area contributed by atoms with Crippen LogP contribution >= 0.6 is 0 Å². The summed E-state index contributed by atoms with van der Waals surface area (Å²) in [5.41, 5.74) is 5.20. The molecule has 0 aromatic heterocycles. The number of hydrogen-bond acceptors (Lipinski definition) is 7. The van der Waals surface area contributed by atoms with Crippen molar-refractivity contribution in [3.63, 3.8) is 0 Å². The minimum atomic E-state index is -0.900. The number of Topliss-reactive ketones (excluding diaryl/α,β-unsaturated/α-hetero) is 1. The van der Waals surface area contributed by atoms with Crippen LogP contribution in [0.25, 0.3) is 0 Å². The Balaban J connectivity index is 2.86. The summed E-state index contributed by atoms with van der Waals surface area (Å²) < 4.78 is 4.75. The average Bonchev–Trinajstić information content (AvgIpc) is 2.45. The summed E-state index contributed by atoms with van der Waals surface area (Å²) in [5.74, 6) is -1.64. The van der Waals surface area contributed by atoms with Gasteiger partial charge in [-0.3, -0.25) is 14.9 Å². The Bertz CT molecular complexity index is 712. The second kappa shape index (κ2) is 6.99. The molecular weight excluding hydrogens is 290 g/mol. The molecule has 0 saturated heterocycles. The first-order chi connectivity index (χ1) is 10.3. The van der Waals surface area contributed by atoms with E-state index >= 15 is 0 Å². The van der Waals surface area contributed by atoms with Crippen molar-refractivity contribution < 1.29 is 19.2 Å². The van der Waals surface area contributed by atoms with Gasteiger partial charge in [0.05, 0.1) is 10.5 Å². The van der Waals surface area contributed by atoms with E-state index in [0.29, 0.717) is 5.56 Å². The fraction of sp³-hybridized carbons (Fsp3) is 0.214. The predicted molar refractivity (Wildman–Crippen MR) is 75.6 cm³/mol. The Hall–Kier alpha value is -3.21. The zero-order chi connectivity index (χ0) is 16.9. The molecule has 0 fully saturated rings. The molecule has 1 rings (SSSR count). The SMILES string of the molecule is C/C(N)=C(/C#N)C(=O)COC(=O)c1ccc(C)c([N+](=O)[O-])c1. The number of benzene rings is 1. The maximum absolute atomic E-state index is 11.8. The number of carbonyl (C=O) groups excluding carboxylic acids is 2. The molecule has 0 bridgehead atoms. The number of hydrogen-bond donors (Lipinski definition) is 1. The highest BCUT2D eigenvalue weighted by Crippen LogP contribution is 2.19. The van der Waals surface area contributed by atoms with E-state index in [1.54, 1.807) is 6.07 Å². The van der Waals surface area contributed by atoms with Crippen molar-refractivity contribution in [3.05, 3.63) is 50.7 Å². The number of nitrogens with two attached hydrogens (primary N) is 1. The second-order valence-electron chi connectivity index (χ2n) is 4.43. The maximum atomic E-state index is 11.8. The van der Waals surface area contributed by atoms with Crippen LogP contribution in [0.3, 0.4) is 0 Å². The normalized spacial score (nSPS) is 11.1. The van der Waals surface area contributed by atoms with Crippen molar-refractivity contribution >= 4 is 17.4 Å². The number of nitrogens with zero attached hydrogens (tertiary/aromatic N) is 2. The first kappa shape index (κ1) is 16.8. The second-order valence-corrected chi connectivity index (χ2v) is 4.43. The zero-order valence-electron chi connectivity index (χ0n) is 12.0. The topological polar surface area (TPSA) is 136 Å². The fourth-order valence-electron chi connectivity index (χ4n) is 1.59. The molecule has 8 heteroatoms. The maximum Gasteiger partial charge on any atom is 0.338 e. The molecular formula is C14H13N3O5. The summed E-state index contributed by atoms with van der Waals surface area (Å²) in [4.78, 5) is 33.6. The highest BCUT2D eigenvalue weighted by atomic mass is 16.6. The molecule has 1 aromatic rings. The third-order valence-electron chi connectivity index (χ3n) is 2.76. The lowest BCUT2D eigenvalue weighted by atomic mass is 10.1. The largest absolute Gasteiger partial charge is 0.454 e. The van der Waals surface area contributed by atoms with Crippen LogP contribution in [0.2, 0.25) is 0 Å². The number of nitro benzene ring substituents is 1. The van der Waals surface area contributed by atoms with Crippen LogP contribution in [0.5, 0.6) is 0 Å². The van der Waals surface area contributed by atoms with E-state index in [2.05, 4.69) is 0 Å². The molecule has 0 aliphatic heterocycles. The highest BCUT2D eigenvalue weighted by molar-refractivity contribution is 6.02. The van der Waals surface area contributed by atoms with Crippen molar-refractivity contribution in [2.24, 2.45) is 5.73 Å². The quantitative estimate of drug-likeness (QED) is 0.285. The molecule has 2 N–H and O–H groups in total. The van der Waals surface area contributed by atoms with Crippen LogP contribution in [0, 0.1) is 28.4 Å². The van der Waals surface area contributed by atoms with Crippen LogP contribution < -0.4 is 5.73 Å². The molecule has 0 radical (unpaired) electrons. The number of carbonyl (C=O) groups is 2. The summed E-state index contributed by atoms with van der Waals surface area (Å²) in [6, 6.07) is 5.44. The summed E-state index contributed by atoms with van der Waals surface area (Å²) >= 11 is 0. The lowest BCUT2D eigenvalue weighted by Crippen LogP contribution is -2.17. The van der Waals surface area contributed by atoms with Gasteiger partial charge in [-0.2, -0.15) is 5.26 Å². The molecule has 0 saturated carbocycles. The Kier molecular flexibility index (Phi) is 5.35. The van der Waals surface area contributed by atoms with Crippen LogP contribution in [0.4, 0.5) is 5.69 Å². The standard InChI is InChI=1S/C14H13N3O5/c1-8-3-4-10(5-12(8)17(20)21)14(19)22-7-13(18)11(6-15)9(2)16/h3-5H,7,16H2,1-2H3/b11-9+. The van der Waals surface area contributed by atoms with Crippen molar-refractivity contribution in [1.29, 1.82) is 5.26 Å². The van der Waals surface area contributed by atoms with Gasteiger partial charge in [-0.05, 0) is 19.9 Å². The van der Waals surface area contributed by atoms with E-state index < -0.39 is 23.3 Å². The van der Waals surface area contributed by atoms with E-state index in [0.717, 1.165) is 6.07 Å². The van der Waals surface area contributed by atoms with E-state index in [1.165, 1.54) is 26.0 Å². The Morgan fingerprint density at radius 1 is 1.45 bits per heavy atom. The van der Waals surface area contributed by atoms with Crippen molar-refractivity contribution in [3.8, 4) is 6.07 Å². The summed E-state index contributed by atoms with van der Waals surface area (Å²) in [6.45, 7) is 2.24. The van der Waals surface area contributed by atoms with Gasteiger partial charge in [0.1, 0.15) is 11.6 Å². The molecule has 0 spiro atoms. The number of nitro groups is 1. The Labute approximate surface area is 125 Å². The van der Waals surface area contributed by atoms with Crippen LogP contribution in [-0.2, 0) is 9.53 Å². The number of ether oxygens (including phenoxy) is 1. The number of aryl methyl sites for hydroxylation is 1. The first-order valence-electron chi connectivity index (χ1n) is 6.09. The van der Waals surface area contributed by atoms with Gasteiger partial charge in [0.15, 0.2) is 6.61 Å². The fourth-order valence-corrected chi connectivity index (χ4v) is 1.59. The lowest BCUT2D eigenvalue weighted by Gasteiger charge is -2.05. The summed E-state index contributed by atoms with van der Waals surface area (Å²) in [7, 11) is 0. The number of ketones is 1. The Morgan fingerprint density at radius 3 is 2.59 bits per heavy atom. The highest BCUT2D eigenvalue weighted by Gasteiger charge is 2.18. The monoisotopic (exact) mass is 303 g/mol. The molecule has 8 nitrogen and oxygen atoms in total. The molecule has 0 atom stereocenters. The van der Waals surface area contributed by atoms with Crippen LogP contribution in [-0.4, -0.2) is 23.3 Å². The van der Waals surface area contributed by atoms with Crippen molar-refractivity contribution in [2.45, 2.75) is 13.8 Å². The third kappa shape index (κ3) is 3.89. The minimum absolute atomic E-state index is 0.0227. The van der Waals surface area contributed by atoms with E-state index in [1.807, 2.05) is 0 Å². The van der Waals surface area contributed by atoms with Gasteiger partial charge in [-0.25, -0.2) is 4.79 Å².